The number of aromatic nitrogens is 2. The Morgan fingerprint density at radius 1 is 1.14 bits per heavy atom. The summed E-state index contributed by atoms with van der Waals surface area (Å²) in [6.45, 7) is 0. The summed E-state index contributed by atoms with van der Waals surface area (Å²) >= 11 is 14.9. The van der Waals surface area contributed by atoms with Crippen molar-refractivity contribution >= 4 is 67.7 Å². The van der Waals surface area contributed by atoms with Gasteiger partial charge in [-0.05, 0) is 60.7 Å². The highest BCUT2D eigenvalue weighted by atomic mass is 79.9. The van der Waals surface area contributed by atoms with E-state index in [-0.39, 0.29) is 11.0 Å². The zero-order valence-corrected chi connectivity index (χ0v) is 17.8. The Hall–Kier alpha value is -2.81. The Morgan fingerprint density at radius 3 is 2.79 bits per heavy atom. The first-order valence-electron chi connectivity index (χ1n) is 8.39. The minimum atomic E-state index is -0.332. The molecule has 0 bridgehead atoms. The second-order valence-electron chi connectivity index (χ2n) is 5.96. The van der Waals surface area contributed by atoms with Crippen LogP contribution in [0.25, 0.3) is 22.7 Å². The van der Waals surface area contributed by atoms with E-state index in [9.17, 15) is 4.79 Å². The van der Waals surface area contributed by atoms with Crippen LogP contribution in [0.1, 0.15) is 10.4 Å². The second kappa shape index (κ2) is 8.28. The van der Waals surface area contributed by atoms with Crippen LogP contribution in [0.15, 0.2) is 69.7 Å². The molecule has 2 aromatic carbocycles. The Bertz CT molecular complexity index is 1210. The molecule has 0 aliphatic heterocycles. The Kier molecular flexibility index (Phi) is 5.57. The zero-order valence-electron chi connectivity index (χ0n) is 14.6. The van der Waals surface area contributed by atoms with Crippen molar-refractivity contribution in [2.24, 2.45) is 0 Å². The maximum absolute atomic E-state index is 12.3. The lowest BCUT2D eigenvalue weighted by Crippen LogP contribution is -2.34. The number of carbonyl (C=O) groups is 1. The van der Waals surface area contributed by atoms with Crippen molar-refractivity contribution in [2.45, 2.75) is 0 Å². The van der Waals surface area contributed by atoms with Crippen molar-refractivity contribution in [3.05, 3.63) is 75.9 Å². The lowest BCUT2D eigenvalue weighted by atomic mass is 10.2. The van der Waals surface area contributed by atoms with Crippen LogP contribution in [0, 0.1) is 0 Å². The Labute approximate surface area is 184 Å². The van der Waals surface area contributed by atoms with Crippen LogP contribution in [0.2, 0.25) is 5.02 Å². The molecule has 0 aliphatic carbocycles. The summed E-state index contributed by atoms with van der Waals surface area (Å²) in [7, 11) is 0. The van der Waals surface area contributed by atoms with Crippen molar-refractivity contribution in [3.63, 3.8) is 0 Å². The summed E-state index contributed by atoms with van der Waals surface area (Å²) < 4.78 is 6.53. The molecular weight excluding hydrogens is 476 g/mol. The molecule has 2 heterocycles. The van der Waals surface area contributed by atoms with Gasteiger partial charge in [-0.1, -0.05) is 33.6 Å². The van der Waals surface area contributed by atoms with Crippen LogP contribution in [0.4, 0.5) is 5.69 Å². The first-order chi connectivity index (χ1) is 14.0. The number of carbonyl (C=O) groups excluding carboxylic acids is 1. The first-order valence-corrected chi connectivity index (χ1v) is 9.97. The van der Waals surface area contributed by atoms with Gasteiger partial charge in [-0.25, -0.2) is 4.98 Å². The average Bonchev–Trinajstić information content (AvgIpc) is 3.14. The molecule has 0 radical (unpaired) electrons. The molecule has 9 heteroatoms. The maximum Gasteiger partial charge on any atom is 0.257 e. The third kappa shape index (κ3) is 4.45. The number of rotatable bonds is 3. The third-order valence-electron chi connectivity index (χ3n) is 3.94. The van der Waals surface area contributed by atoms with Crippen molar-refractivity contribution in [1.29, 1.82) is 0 Å². The molecule has 2 N–H and O–H groups in total. The summed E-state index contributed by atoms with van der Waals surface area (Å²) in [5.74, 6) is 0.0728. The predicted molar refractivity (Wildman–Crippen MR) is 120 cm³/mol. The van der Waals surface area contributed by atoms with Gasteiger partial charge in [-0.2, -0.15) is 4.98 Å². The van der Waals surface area contributed by atoms with E-state index in [0.717, 1.165) is 4.47 Å². The normalized spacial score (nSPS) is 10.7. The van der Waals surface area contributed by atoms with Gasteiger partial charge in [0.25, 0.3) is 5.91 Å². The molecule has 6 nitrogen and oxygen atoms in total. The summed E-state index contributed by atoms with van der Waals surface area (Å²) in [5, 5.41) is 6.12. The standard InChI is InChI=1S/C20H12BrClN4O2S/c21-13-4-1-3-11(9-13)18(27)26-20(29)24-15-10-12(6-7-14(15)22)19-25-17-16(28-19)5-2-8-23-17/h1-10H,(H2,24,26,27,29). The number of amides is 1. The van der Waals surface area contributed by atoms with Crippen LogP contribution in [0.3, 0.4) is 0 Å². The summed E-state index contributed by atoms with van der Waals surface area (Å²) in [6.07, 6.45) is 1.65. The van der Waals surface area contributed by atoms with Gasteiger partial charge in [0.05, 0.1) is 10.7 Å². The SMILES string of the molecule is O=C(NC(=S)Nc1cc(-c2nc3ncccc3o2)ccc1Cl)c1cccc(Br)c1. The largest absolute Gasteiger partial charge is 0.434 e. The van der Waals surface area contributed by atoms with Gasteiger partial charge < -0.3 is 9.73 Å². The highest BCUT2D eigenvalue weighted by Gasteiger charge is 2.13. The minimum absolute atomic E-state index is 0.119. The first kappa shape index (κ1) is 19.5. The van der Waals surface area contributed by atoms with E-state index in [1.165, 1.54) is 0 Å². The van der Waals surface area contributed by atoms with E-state index >= 15 is 0 Å². The van der Waals surface area contributed by atoms with Crippen LogP contribution < -0.4 is 10.6 Å². The molecule has 29 heavy (non-hydrogen) atoms. The number of oxazole rings is 1. The van der Waals surface area contributed by atoms with Crippen molar-refractivity contribution in [3.8, 4) is 11.5 Å². The molecule has 144 valence electrons. The van der Waals surface area contributed by atoms with E-state index < -0.39 is 0 Å². The minimum Gasteiger partial charge on any atom is -0.434 e. The second-order valence-corrected chi connectivity index (χ2v) is 7.69. The zero-order chi connectivity index (χ0) is 20.4. The van der Waals surface area contributed by atoms with Crippen LogP contribution >= 0.6 is 39.7 Å². The summed E-state index contributed by atoms with van der Waals surface area (Å²) in [5.41, 5.74) is 2.78. The molecule has 0 aliphatic rings. The quantitative estimate of drug-likeness (QED) is 0.375. The molecule has 0 fully saturated rings. The predicted octanol–water partition coefficient (Wildman–Crippen LogP) is 5.43. The molecular formula is C20H12BrClN4O2S. The molecule has 0 unspecified atom stereocenters. The fourth-order valence-electron chi connectivity index (χ4n) is 2.61. The van der Waals surface area contributed by atoms with Gasteiger partial charge in [-0.15, -0.1) is 0 Å². The number of thiocarbonyl (C=S) groups is 1. The van der Waals surface area contributed by atoms with Crippen molar-refractivity contribution in [2.75, 3.05) is 5.32 Å². The molecule has 0 spiro atoms. The topological polar surface area (TPSA) is 80.0 Å². The van der Waals surface area contributed by atoms with Gasteiger partial charge in [-0.3, -0.25) is 10.1 Å². The monoisotopic (exact) mass is 486 g/mol. The number of anilines is 1. The highest BCUT2D eigenvalue weighted by molar-refractivity contribution is 9.10. The van der Waals surface area contributed by atoms with E-state index in [1.807, 2.05) is 6.07 Å². The fourth-order valence-corrected chi connectivity index (χ4v) is 3.37. The molecule has 0 atom stereocenters. The smallest absolute Gasteiger partial charge is 0.257 e. The number of pyridine rings is 1. The number of hydrogen-bond donors (Lipinski definition) is 2. The van der Waals surface area contributed by atoms with Crippen molar-refractivity contribution in [1.82, 2.24) is 15.3 Å². The van der Waals surface area contributed by atoms with Gasteiger partial charge in [0.2, 0.25) is 5.89 Å². The van der Waals surface area contributed by atoms with E-state index in [0.29, 0.717) is 39.0 Å². The number of fused-ring (bicyclic) bond motifs is 1. The van der Waals surface area contributed by atoms with Crippen LogP contribution in [-0.4, -0.2) is 21.0 Å². The molecule has 2 aromatic heterocycles. The van der Waals surface area contributed by atoms with Crippen LogP contribution in [0.5, 0.6) is 0 Å². The molecule has 4 aromatic rings. The molecule has 4 rings (SSSR count). The number of nitrogens with one attached hydrogen (secondary N) is 2. The van der Waals surface area contributed by atoms with E-state index in [1.54, 1.807) is 54.7 Å². The van der Waals surface area contributed by atoms with Crippen molar-refractivity contribution < 1.29 is 9.21 Å². The lowest BCUT2D eigenvalue weighted by molar-refractivity contribution is 0.0977. The average molecular weight is 488 g/mol. The number of hydrogen-bond acceptors (Lipinski definition) is 5. The van der Waals surface area contributed by atoms with Gasteiger partial charge >= 0.3 is 0 Å². The summed E-state index contributed by atoms with van der Waals surface area (Å²) in [6, 6.07) is 15.8. The van der Waals surface area contributed by atoms with Gasteiger partial charge in [0, 0.05) is 21.8 Å². The number of nitrogens with zero attached hydrogens (tertiary/aromatic N) is 2. The third-order valence-corrected chi connectivity index (χ3v) is 4.97. The van der Waals surface area contributed by atoms with E-state index in [2.05, 4.69) is 36.5 Å². The maximum atomic E-state index is 12.3. The Morgan fingerprint density at radius 2 is 2.00 bits per heavy atom. The van der Waals surface area contributed by atoms with Gasteiger partial charge in [0.1, 0.15) is 0 Å². The fraction of sp³-hybridized carbons (Fsp3) is 0. The highest BCUT2D eigenvalue weighted by Crippen LogP contribution is 2.30. The number of halogens is 2. The van der Waals surface area contributed by atoms with Crippen LogP contribution in [-0.2, 0) is 0 Å². The Balaban J connectivity index is 1.53. The summed E-state index contributed by atoms with van der Waals surface area (Å²) in [4.78, 5) is 20.9. The lowest BCUT2D eigenvalue weighted by Gasteiger charge is -2.12. The number of benzene rings is 2. The van der Waals surface area contributed by atoms with E-state index in [4.69, 9.17) is 28.2 Å². The molecule has 0 saturated heterocycles. The molecule has 0 saturated carbocycles. The van der Waals surface area contributed by atoms with Gasteiger partial charge in [0.15, 0.2) is 16.3 Å². The molecule has 1 amide bonds.